The van der Waals surface area contributed by atoms with E-state index in [2.05, 4.69) is 27.8 Å². The smallest absolute Gasteiger partial charge is 0.274 e. The summed E-state index contributed by atoms with van der Waals surface area (Å²) in [6, 6.07) is 4.40. The molecule has 0 aromatic heterocycles. The molecule has 1 aromatic rings. The SMILES string of the molecule is C=CCNC(=O)c1ccc(CBr)c([N+](=O)[O-])c1. The molecule has 6 heteroatoms. The number of nitro benzene ring substituents is 1. The Balaban J connectivity index is 3.03. The van der Waals surface area contributed by atoms with E-state index in [9.17, 15) is 14.9 Å². The Bertz CT molecular complexity index is 460. The van der Waals surface area contributed by atoms with Crippen molar-refractivity contribution in [1.29, 1.82) is 0 Å². The minimum absolute atomic E-state index is 0.0619. The number of nitrogens with zero attached hydrogens (tertiary/aromatic N) is 1. The summed E-state index contributed by atoms with van der Waals surface area (Å²) in [5.74, 6) is -0.353. The Labute approximate surface area is 107 Å². The van der Waals surface area contributed by atoms with Gasteiger partial charge in [-0.1, -0.05) is 28.1 Å². The predicted molar refractivity (Wildman–Crippen MR) is 68.3 cm³/mol. The van der Waals surface area contributed by atoms with Gasteiger partial charge in [0.1, 0.15) is 0 Å². The van der Waals surface area contributed by atoms with Gasteiger partial charge in [-0.25, -0.2) is 0 Å². The van der Waals surface area contributed by atoms with E-state index in [1.165, 1.54) is 6.07 Å². The molecule has 1 rings (SSSR count). The van der Waals surface area contributed by atoms with Crippen LogP contribution in [-0.4, -0.2) is 17.4 Å². The van der Waals surface area contributed by atoms with Gasteiger partial charge in [0.25, 0.3) is 11.6 Å². The summed E-state index contributed by atoms with van der Waals surface area (Å²) < 4.78 is 0. The quantitative estimate of drug-likeness (QED) is 0.393. The number of amides is 1. The van der Waals surface area contributed by atoms with Crippen LogP contribution >= 0.6 is 15.9 Å². The van der Waals surface area contributed by atoms with Gasteiger partial charge in [-0.3, -0.25) is 14.9 Å². The Hall–Kier alpha value is -1.69. The van der Waals surface area contributed by atoms with Crippen LogP contribution in [0.1, 0.15) is 15.9 Å². The first kappa shape index (κ1) is 13.4. The molecule has 0 aliphatic heterocycles. The molecule has 0 saturated carbocycles. The lowest BCUT2D eigenvalue weighted by Gasteiger charge is -2.04. The number of hydrogen-bond acceptors (Lipinski definition) is 3. The standard InChI is InChI=1S/C11H11BrN2O3/c1-2-5-13-11(15)8-3-4-9(7-12)10(6-8)14(16)17/h2-4,6H,1,5,7H2,(H,13,15). The van der Waals surface area contributed by atoms with E-state index >= 15 is 0 Å². The van der Waals surface area contributed by atoms with Gasteiger partial charge in [0.05, 0.1) is 4.92 Å². The molecular formula is C11H11BrN2O3. The van der Waals surface area contributed by atoms with Crippen molar-refractivity contribution < 1.29 is 9.72 Å². The van der Waals surface area contributed by atoms with E-state index < -0.39 is 4.92 Å². The molecule has 17 heavy (non-hydrogen) atoms. The van der Waals surface area contributed by atoms with Gasteiger partial charge in [-0.15, -0.1) is 6.58 Å². The fourth-order valence-corrected chi connectivity index (χ4v) is 1.73. The van der Waals surface area contributed by atoms with Gasteiger partial charge in [-0.2, -0.15) is 0 Å². The second kappa shape index (κ2) is 6.15. The van der Waals surface area contributed by atoms with Crippen LogP contribution in [0.3, 0.4) is 0 Å². The Morgan fingerprint density at radius 3 is 2.82 bits per heavy atom. The molecule has 0 unspecified atom stereocenters. The first-order valence-electron chi connectivity index (χ1n) is 4.82. The van der Waals surface area contributed by atoms with Crippen molar-refractivity contribution in [3.8, 4) is 0 Å². The van der Waals surface area contributed by atoms with Crippen molar-refractivity contribution in [2.75, 3.05) is 6.54 Å². The molecule has 1 aromatic carbocycles. The summed E-state index contributed by atoms with van der Waals surface area (Å²) in [5, 5.41) is 13.7. The normalized spacial score (nSPS) is 9.71. The van der Waals surface area contributed by atoms with E-state index in [4.69, 9.17) is 0 Å². The number of nitrogens with one attached hydrogen (secondary N) is 1. The molecule has 90 valence electrons. The molecule has 0 aliphatic rings. The second-order valence-corrected chi connectivity index (χ2v) is 3.79. The van der Waals surface area contributed by atoms with Crippen LogP contribution in [0, 0.1) is 10.1 Å². The van der Waals surface area contributed by atoms with Crippen molar-refractivity contribution >= 4 is 27.5 Å². The Morgan fingerprint density at radius 1 is 1.59 bits per heavy atom. The van der Waals surface area contributed by atoms with Crippen molar-refractivity contribution in [3.63, 3.8) is 0 Å². The van der Waals surface area contributed by atoms with E-state index in [1.54, 1.807) is 18.2 Å². The number of nitro groups is 1. The molecule has 0 atom stereocenters. The lowest BCUT2D eigenvalue weighted by Crippen LogP contribution is -2.23. The van der Waals surface area contributed by atoms with E-state index in [-0.39, 0.29) is 17.2 Å². The van der Waals surface area contributed by atoms with Crippen LogP contribution < -0.4 is 5.32 Å². The predicted octanol–water partition coefficient (Wildman–Crippen LogP) is 2.41. The number of rotatable bonds is 5. The number of carbonyl (C=O) groups excluding carboxylic acids is 1. The topological polar surface area (TPSA) is 72.2 Å². The number of benzene rings is 1. The van der Waals surface area contributed by atoms with Gasteiger partial charge in [0.2, 0.25) is 0 Å². The van der Waals surface area contributed by atoms with Crippen LogP contribution in [0.5, 0.6) is 0 Å². The summed E-state index contributed by atoms with van der Waals surface area (Å²) >= 11 is 3.16. The monoisotopic (exact) mass is 298 g/mol. The largest absolute Gasteiger partial charge is 0.349 e. The minimum Gasteiger partial charge on any atom is -0.349 e. The van der Waals surface area contributed by atoms with Gasteiger partial charge < -0.3 is 5.32 Å². The van der Waals surface area contributed by atoms with E-state index in [0.29, 0.717) is 17.4 Å². The maximum absolute atomic E-state index is 11.6. The van der Waals surface area contributed by atoms with Gasteiger partial charge in [-0.05, 0) is 6.07 Å². The summed E-state index contributed by atoms with van der Waals surface area (Å²) in [6.45, 7) is 3.80. The number of alkyl halides is 1. The molecule has 5 nitrogen and oxygen atoms in total. The zero-order chi connectivity index (χ0) is 12.8. The minimum atomic E-state index is -0.499. The molecule has 0 heterocycles. The summed E-state index contributed by atoms with van der Waals surface area (Å²) in [4.78, 5) is 21.9. The number of carbonyl (C=O) groups is 1. The average molecular weight is 299 g/mol. The highest BCUT2D eigenvalue weighted by Gasteiger charge is 2.16. The van der Waals surface area contributed by atoms with Crippen molar-refractivity contribution in [2.24, 2.45) is 0 Å². The van der Waals surface area contributed by atoms with E-state index in [0.717, 1.165) is 0 Å². The molecule has 0 fully saturated rings. The van der Waals surface area contributed by atoms with E-state index in [1.807, 2.05) is 0 Å². The molecule has 0 aliphatic carbocycles. The second-order valence-electron chi connectivity index (χ2n) is 3.23. The maximum Gasteiger partial charge on any atom is 0.274 e. The summed E-state index contributed by atoms with van der Waals surface area (Å²) in [5.41, 5.74) is 0.742. The fraction of sp³-hybridized carbons (Fsp3) is 0.182. The van der Waals surface area contributed by atoms with Crippen LogP contribution in [0.15, 0.2) is 30.9 Å². The van der Waals surface area contributed by atoms with Gasteiger partial charge in [0, 0.05) is 29.1 Å². The molecule has 1 amide bonds. The van der Waals surface area contributed by atoms with Crippen molar-refractivity contribution in [1.82, 2.24) is 5.32 Å². The Kier molecular flexibility index (Phi) is 4.84. The highest BCUT2D eigenvalue weighted by atomic mass is 79.9. The van der Waals surface area contributed by atoms with Crippen molar-refractivity contribution in [2.45, 2.75) is 5.33 Å². The third-order valence-corrected chi connectivity index (χ3v) is 2.70. The molecule has 1 N–H and O–H groups in total. The van der Waals surface area contributed by atoms with Gasteiger partial charge >= 0.3 is 0 Å². The summed E-state index contributed by atoms with van der Waals surface area (Å²) in [7, 11) is 0. The number of hydrogen-bond donors (Lipinski definition) is 1. The lowest BCUT2D eigenvalue weighted by atomic mass is 10.1. The lowest BCUT2D eigenvalue weighted by molar-refractivity contribution is -0.385. The zero-order valence-electron chi connectivity index (χ0n) is 8.98. The maximum atomic E-state index is 11.6. The third-order valence-electron chi connectivity index (χ3n) is 2.10. The molecule has 0 saturated heterocycles. The average Bonchev–Trinajstić information content (AvgIpc) is 2.34. The number of halogens is 1. The van der Waals surface area contributed by atoms with Crippen LogP contribution in [-0.2, 0) is 5.33 Å². The highest BCUT2D eigenvalue weighted by Crippen LogP contribution is 2.22. The van der Waals surface area contributed by atoms with Gasteiger partial charge in [0.15, 0.2) is 0 Å². The third kappa shape index (κ3) is 3.39. The first-order valence-corrected chi connectivity index (χ1v) is 5.94. The molecule has 0 spiro atoms. The highest BCUT2D eigenvalue weighted by molar-refractivity contribution is 9.08. The summed E-state index contributed by atoms with van der Waals surface area (Å²) in [6.07, 6.45) is 1.54. The Morgan fingerprint density at radius 2 is 2.29 bits per heavy atom. The van der Waals surface area contributed by atoms with Crippen LogP contribution in [0.4, 0.5) is 5.69 Å². The van der Waals surface area contributed by atoms with Crippen LogP contribution in [0.25, 0.3) is 0 Å². The van der Waals surface area contributed by atoms with Crippen molar-refractivity contribution in [3.05, 3.63) is 52.1 Å². The molecule has 0 bridgehead atoms. The molecular weight excluding hydrogens is 288 g/mol. The fourth-order valence-electron chi connectivity index (χ4n) is 1.25. The van der Waals surface area contributed by atoms with Crippen LogP contribution in [0.2, 0.25) is 0 Å². The first-order chi connectivity index (χ1) is 8.10. The molecule has 0 radical (unpaired) electrons. The zero-order valence-corrected chi connectivity index (χ0v) is 10.6.